The summed E-state index contributed by atoms with van der Waals surface area (Å²) in [5.74, 6) is -0.498. The van der Waals surface area contributed by atoms with Crippen LogP contribution >= 0.6 is 0 Å². The van der Waals surface area contributed by atoms with E-state index in [2.05, 4.69) is 10.3 Å². The second-order valence-electron chi connectivity index (χ2n) is 5.02. The Hall–Kier alpha value is -2.40. The summed E-state index contributed by atoms with van der Waals surface area (Å²) in [5, 5.41) is 12.6. The van der Waals surface area contributed by atoms with E-state index in [-0.39, 0.29) is 12.1 Å². The molecule has 2 aromatic rings. The number of rotatable bonds is 4. The van der Waals surface area contributed by atoms with Gasteiger partial charge in [-0.25, -0.2) is 0 Å². The van der Waals surface area contributed by atoms with Crippen LogP contribution in [0.3, 0.4) is 0 Å². The van der Waals surface area contributed by atoms with Gasteiger partial charge in [-0.1, -0.05) is 29.8 Å². The Morgan fingerprint density at radius 1 is 1.19 bits per heavy atom. The zero-order chi connectivity index (χ0) is 15.4. The number of hydrogen-bond donors (Lipinski definition) is 3. The first-order chi connectivity index (χ1) is 9.97. The Bertz CT molecular complexity index is 689. The van der Waals surface area contributed by atoms with Crippen molar-refractivity contribution in [1.29, 1.82) is 0 Å². The number of carbonyl (C=O) groups excluding carboxylic acids is 1. The Labute approximate surface area is 122 Å². The number of aliphatic hydroxyl groups is 1. The van der Waals surface area contributed by atoms with E-state index in [1.54, 1.807) is 13.0 Å². The molecule has 0 bridgehead atoms. The Kier molecular flexibility index (Phi) is 4.55. The number of hydrogen-bond acceptors (Lipinski definition) is 3. The zero-order valence-corrected chi connectivity index (χ0v) is 12.0. The lowest BCUT2D eigenvalue weighted by molar-refractivity contribution is 0.0915. The second kappa shape index (κ2) is 6.37. The molecular formula is C16H18N2O3. The van der Waals surface area contributed by atoms with E-state index in [1.165, 1.54) is 6.07 Å². The number of aryl methyl sites for hydroxylation is 2. The highest BCUT2D eigenvalue weighted by Crippen LogP contribution is 2.12. The lowest BCUT2D eigenvalue weighted by atomic mass is 10.1. The number of amides is 1. The maximum atomic E-state index is 11.9. The molecule has 1 aromatic heterocycles. The quantitative estimate of drug-likeness (QED) is 0.795. The summed E-state index contributed by atoms with van der Waals surface area (Å²) in [4.78, 5) is 26.1. The maximum absolute atomic E-state index is 11.9. The first kappa shape index (κ1) is 15.0. The molecule has 0 aliphatic heterocycles. The molecule has 0 saturated heterocycles. The van der Waals surface area contributed by atoms with Crippen LogP contribution in [0.15, 0.2) is 41.2 Å². The van der Waals surface area contributed by atoms with Crippen molar-refractivity contribution in [2.45, 2.75) is 20.0 Å². The topological polar surface area (TPSA) is 82.2 Å². The smallest absolute Gasteiger partial charge is 0.260 e. The molecule has 0 unspecified atom stereocenters. The summed E-state index contributed by atoms with van der Waals surface area (Å²) in [6.45, 7) is 3.75. The molecule has 5 heteroatoms. The summed E-state index contributed by atoms with van der Waals surface area (Å²) in [6, 6.07) is 10.5. The Morgan fingerprint density at radius 2 is 1.86 bits per heavy atom. The summed E-state index contributed by atoms with van der Waals surface area (Å²) in [7, 11) is 0. The first-order valence-electron chi connectivity index (χ1n) is 6.70. The highest BCUT2D eigenvalue weighted by molar-refractivity contribution is 5.93. The number of aromatic amines is 1. The first-order valence-corrected chi connectivity index (χ1v) is 6.70. The summed E-state index contributed by atoms with van der Waals surface area (Å²) < 4.78 is 0. The molecule has 110 valence electrons. The Balaban J connectivity index is 2.00. The van der Waals surface area contributed by atoms with Gasteiger partial charge in [0.2, 0.25) is 0 Å². The van der Waals surface area contributed by atoms with E-state index in [4.69, 9.17) is 0 Å². The van der Waals surface area contributed by atoms with Gasteiger partial charge in [-0.2, -0.15) is 0 Å². The van der Waals surface area contributed by atoms with Crippen LogP contribution in [0.5, 0.6) is 0 Å². The van der Waals surface area contributed by atoms with Crippen molar-refractivity contribution < 1.29 is 9.90 Å². The van der Waals surface area contributed by atoms with Crippen molar-refractivity contribution in [1.82, 2.24) is 10.3 Å². The number of pyridine rings is 1. The highest BCUT2D eigenvalue weighted by Gasteiger charge is 2.13. The molecule has 3 N–H and O–H groups in total. The van der Waals surface area contributed by atoms with Crippen molar-refractivity contribution in [3.05, 3.63) is 69.1 Å². The summed E-state index contributed by atoms with van der Waals surface area (Å²) >= 11 is 0. The van der Waals surface area contributed by atoms with Gasteiger partial charge >= 0.3 is 0 Å². The maximum Gasteiger partial charge on any atom is 0.260 e. The van der Waals surface area contributed by atoms with Crippen LogP contribution in [-0.2, 0) is 0 Å². The molecule has 0 radical (unpaired) electrons. The van der Waals surface area contributed by atoms with Gasteiger partial charge in [-0.05, 0) is 31.5 Å². The molecule has 21 heavy (non-hydrogen) atoms. The summed E-state index contributed by atoms with van der Waals surface area (Å²) in [5.41, 5.74) is 2.12. The number of carbonyl (C=O) groups is 1. The molecular weight excluding hydrogens is 268 g/mol. The van der Waals surface area contributed by atoms with E-state index in [0.29, 0.717) is 5.69 Å². The molecule has 0 aliphatic carbocycles. The minimum absolute atomic E-state index is 0.0386. The van der Waals surface area contributed by atoms with Crippen LogP contribution < -0.4 is 10.9 Å². The van der Waals surface area contributed by atoms with Crippen LogP contribution in [-0.4, -0.2) is 22.5 Å². The van der Waals surface area contributed by atoms with E-state index < -0.39 is 17.6 Å². The van der Waals surface area contributed by atoms with Crippen molar-refractivity contribution >= 4 is 5.91 Å². The third-order valence-corrected chi connectivity index (χ3v) is 3.22. The number of aliphatic hydroxyl groups excluding tert-OH is 1. The van der Waals surface area contributed by atoms with Gasteiger partial charge in [0.25, 0.3) is 11.5 Å². The van der Waals surface area contributed by atoms with Gasteiger partial charge in [-0.3, -0.25) is 9.59 Å². The van der Waals surface area contributed by atoms with Crippen molar-refractivity contribution in [3.8, 4) is 0 Å². The van der Waals surface area contributed by atoms with Gasteiger partial charge in [0, 0.05) is 12.2 Å². The molecule has 0 spiro atoms. The Morgan fingerprint density at radius 3 is 2.48 bits per heavy atom. The normalized spacial score (nSPS) is 12.0. The zero-order valence-electron chi connectivity index (χ0n) is 12.0. The van der Waals surface area contributed by atoms with Gasteiger partial charge in [0.05, 0.1) is 6.10 Å². The molecule has 0 saturated carbocycles. The van der Waals surface area contributed by atoms with Crippen LogP contribution in [0.4, 0.5) is 0 Å². The molecule has 2 rings (SSSR count). The van der Waals surface area contributed by atoms with Crippen molar-refractivity contribution in [2.24, 2.45) is 0 Å². The fourth-order valence-electron chi connectivity index (χ4n) is 1.94. The largest absolute Gasteiger partial charge is 0.387 e. The number of aromatic nitrogens is 1. The van der Waals surface area contributed by atoms with Gasteiger partial charge in [0.15, 0.2) is 0 Å². The average Bonchev–Trinajstić information content (AvgIpc) is 2.45. The second-order valence-corrected chi connectivity index (χ2v) is 5.02. The van der Waals surface area contributed by atoms with Gasteiger partial charge in [-0.15, -0.1) is 0 Å². The fraction of sp³-hybridized carbons (Fsp3) is 0.250. The predicted molar refractivity (Wildman–Crippen MR) is 80.3 cm³/mol. The number of benzene rings is 1. The molecule has 1 atom stereocenters. The van der Waals surface area contributed by atoms with Crippen LogP contribution in [0.1, 0.15) is 33.3 Å². The highest BCUT2D eigenvalue weighted by atomic mass is 16.3. The SMILES string of the molecule is Cc1ccc([C@H](O)CNC(=O)c2ccc(C)[nH]c2=O)cc1. The molecule has 5 nitrogen and oxygen atoms in total. The van der Waals surface area contributed by atoms with Crippen molar-refractivity contribution in [2.75, 3.05) is 6.54 Å². The molecule has 1 amide bonds. The van der Waals surface area contributed by atoms with Gasteiger partial charge < -0.3 is 15.4 Å². The third-order valence-electron chi connectivity index (χ3n) is 3.22. The van der Waals surface area contributed by atoms with Crippen LogP contribution in [0.2, 0.25) is 0 Å². The average molecular weight is 286 g/mol. The molecule has 0 fully saturated rings. The van der Waals surface area contributed by atoms with E-state index >= 15 is 0 Å². The van der Waals surface area contributed by atoms with E-state index in [9.17, 15) is 14.7 Å². The van der Waals surface area contributed by atoms with E-state index in [0.717, 1.165) is 11.1 Å². The lowest BCUT2D eigenvalue weighted by Crippen LogP contribution is -2.32. The van der Waals surface area contributed by atoms with E-state index in [1.807, 2.05) is 31.2 Å². The van der Waals surface area contributed by atoms with Gasteiger partial charge in [0.1, 0.15) is 5.56 Å². The monoisotopic (exact) mass is 286 g/mol. The third kappa shape index (κ3) is 3.79. The summed E-state index contributed by atoms with van der Waals surface area (Å²) in [6.07, 6.45) is -0.806. The molecule has 1 heterocycles. The fourth-order valence-corrected chi connectivity index (χ4v) is 1.94. The minimum Gasteiger partial charge on any atom is -0.387 e. The predicted octanol–water partition coefficient (Wildman–Crippen LogP) is 1.46. The molecule has 0 aliphatic rings. The number of H-pyrrole nitrogens is 1. The number of nitrogens with one attached hydrogen (secondary N) is 2. The van der Waals surface area contributed by atoms with Crippen molar-refractivity contribution in [3.63, 3.8) is 0 Å². The van der Waals surface area contributed by atoms with Crippen LogP contribution in [0.25, 0.3) is 0 Å². The lowest BCUT2D eigenvalue weighted by Gasteiger charge is -2.12. The van der Waals surface area contributed by atoms with Crippen LogP contribution in [0, 0.1) is 13.8 Å². The standard InChI is InChI=1S/C16H18N2O3/c1-10-3-6-12(7-4-10)14(19)9-17-15(20)13-8-5-11(2)18-16(13)21/h3-8,14,19H,9H2,1-2H3,(H,17,20)(H,18,21)/t14-/m1/s1. The molecule has 1 aromatic carbocycles. The minimum atomic E-state index is -0.806.